The summed E-state index contributed by atoms with van der Waals surface area (Å²) in [5.74, 6) is 2.43. The fraction of sp³-hybridized carbons (Fsp3) is 0.214. The van der Waals surface area contributed by atoms with Crippen molar-refractivity contribution in [2.75, 3.05) is 17.8 Å². The maximum Gasteiger partial charge on any atom is 0.231 e. The molecule has 1 aliphatic heterocycles. The quantitative estimate of drug-likeness (QED) is 0.883. The van der Waals surface area contributed by atoms with Gasteiger partial charge in [-0.25, -0.2) is 4.98 Å². The molecular formula is C14H15N3O2. The van der Waals surface area contributed by atoms with Gasteiger partial charge in [-0.15, -0.1) is 0 Å². The Balaban J connectivity index is 1.72. The van der Waals surface area contributed by atoms with Crippen LogP contribution in [0.25, 0.3) is 0 Å². The molecule has 19 heavy (non-hydrogen) atoms. The van der Waals surface area contributed by atoms with Crippen LogP contribution in [0, 0.1) is 6.92 Å². The Labute approximate surface area is 111 Å². The summed E-state index contributed by atoms with van der Waals surface area (Å²) >= 11 is 0. The number of nitrogens with zero attached hydrogens (tertiary/aromatic N) is 1. The van der Waals surface area contributed by atoms with Crippen molar-refractivity contribution in [2.45, 2.75) is 13.5 Å². The fourth-order valence-electron chi connectivity index (χ4n) is 2.02. The van der Waals surface area contributed by atoms with Crippen LogP contribution in [-0.4, -0.2) is 11.8 Å². The van der Waals surface area contributed by atoms with Crippen molar-refractivity contribution < 1.29 is 9.47 Å². The average Bonchev–Trinajstić information content (AvgIpc) is 2.85. The van der Waals surface area contributed by atoms with E-state index >= 15 is 0 Å². The number of nitrogen functional groups attached to an aromatic ring is 1. The molecule has 0 saturated carbocycles. The van der Waals surface area contributed by atoms with Gasteiger partial charge < -0.3 is 20.5 Å². The molecule has 0 unspecified atom stereocenters. The summed E-state index contributed by atoms with van der Waals surface area (Å²) in [5.41, 5.74) is 8.49. The van der Waals surface area contributed by atoms with Crippen LogP contribution in [0.5, 0.6) is 11.5 Å². The largest absolute Gasteiger partial charge is 0.454 e. The molecule has 0 bridgehead atoms. The number of hydrogen-bond acceptors (Lipinski definition) is 5. The lowest BCUT2D eigenvalue weighted by Crippen LogP contribution is -2.03. The van der Waals surface area contributed by atoms with Crippen LogP contribution < -0.4 is 20.5 Å². The summed E-state index contributed by atoms with van der Waals surface area (Å²) < 4.78 is 10.6. The maximum absolute atomic E-state index is 5.68. The van der Waals surface area contributed by atoms with Gasteiger partial charge in [0.1, 0.15) is 5.82 Å². The predicted octanol–water partition coefficient (Wildman–Crippen LogP) is 2.31. The molecule has 5 nitrogen and oxygen atoms in total. The van der Waals surface area contributed by atoms with Crippen molar-refractivity contribution >= 4 is 11.5 Å². The van der Waals surface area contributed by atoms with E-state index in [-0.39, 0.29) is 0 Å². The number of nitrogens with one attached hydrogen (secondary N) is 1. The van der Waals surface area contributed by atoms with Crippen LogP contribution in [-0.2, 0) is 6.54 Å². The number of benzene rings is 1. The molecule has 5 heteroatoms. The Morgan fingerprint density at radius 2 is 2.11 bits per heavy atom. The van der Waals surface area contributed by atoms with E-state index < -0.39 is 0 Å². The van der Waals surface area contributed by atoms with E-state index in [2.05, 4.69) is 10.3 Å². The van der Waals surface area contributed by atoms with Crippen molar-refractivity contribution in [3.05, 3.63) is 41.6 Å². The highest BCUT2D eigenvalue weighted by Crippen LogP contribution is 2.32. The molecule has 0 radical (unpaired) electrons. The van der Waals surface area contributed by atoms with Gasteiger partial charge in [0.05, 0.1) is 11.9 Å². The number of aromatic nitrogens is 1. The van der Waals surface area contributed by atoms with Gasteiger partial charge in [-0.2, -0.15) is 0 Å². The predicted molar refractivity (Wildman–Crippen MR) is 73.3 cm³/mol. The lowest BCUT2D eigenvalue weighted by atomic mass is 10.2. The molecule has 3 N–H and O–H groups in total. The third-order valence-corrected chi connectivity index (χ3v) is 3.00. The highest BCUT2D eigenvalue weighted by Gasteiger charge is 2.13. The van der Waals surface area contributed by atoms with Crippen molar-refractivity contribution in [1.29, 1.82) is 0 Å². The molecule has 0 fully saturated rings. The van der Waals surface area contributed by atoms with Crippen LogP contribution in [0.1, 0.15) is 11.1 Å². The minimum Gasteiger partial charge on any atom is -0.454 e. The highest BCUT2D eigenvalue weighted by atomic mass is 16.7. The van der Waals surface area contributed by atoms with E-state index in [1.807, 2.05) is 31.2 Å². The second-order valence-corrected chi connectivity index (χ2v) is 4.48. The second kappa shape index (κ2) is 4.68. The molecule has 0 spiro atoms. The van der Waals surface area contributed by atoms with E-state index in [9.17, 15) is 0 Å². The molecule has 0 saturated heterocycles. The fourth-order valence-corrected chi connectivity index (χ4v) is 2.02. The molecule has 1 aromatic heterocycles. The van der Waals surface area contributed by atoms with Crippen molar-refractivity contribution in [3.8, 4) is 11.5 Å². The third kappa shape index (κ3) is 2.40. The zero-order valence-electron chi connectivity index (χ0n) is 10.6. The molecule has 3 rings (SSSR count). The Bertz CT molecular complexity index is 614. The summed E-state index contributed by atoms with van der Waals surface area (Å²) in [6.45, 7) is 2.95. The number of hydrogen-bond donors (Lipinski definition) is 2. The monoisotopic (exact) mass is 257 g/mol. The number of aryl methyl sites for hydroxylation is 1. The van der Waals surface area contributed by atoms with Crippen molar-refractivity contribution in [3.63, 3.8) is 0 Å². The number of ether oxygens (including phenoxy) is 2. The lowest BCUT2D eigenvalue weighted by molar-refractivity contribution is 0.174. The van der Waals surface area contributed by atoms with Gasteiger partial charge >= 0.3 is 0 Å². The van der Waals surface area contributed by atoms with E-state index in [4.69, 9.17) is 15.2 Å². The lowest BCUT2D eigenvalue weighted by Gasteiger charge is -2.09. The standard InChI is InChI=1S/C14H15N3O2/c1-9-4-11(15)7-17-14(9)16-6-10-2-3-12-13(5-10)19-8-18-12/h2-5,7H,6,8,15H2,1H3,(H,16,17). The first-order chi connectivity index (χ1) is 9.22. The van der Waals surface area contributed by atoms with Gasteiger partial charge in [0.2, 0.25) is 6.79 Å². The first-order valence-electron chi connectivity index (χ1n) is 6.07. The Morgan fingerprint density at radius 1 is 1.26 bits per heavy atom. The van der Waals surface area contributed by atoms with Gasteiger partial charge in [0.15, 0.2) is 11.5 Å². The van der Waals surface area contributed by atoms with Crippen molar-refractivity contribution in [1.82, 2.24) is 4.98 Å². The number of fused-ring (bicyclic) bond motifs is 1. The molecule has 0 atom stereocenters. The molecule has 1 aliphatic rings. The van der Waals surface area contributed by atoms with Crippen molar-refractivity contribution in [2.24, 2.45) is 0 Å². The summed E-state index contributed by atoms with van der Waals surface area (Å²) in [5, 5.41) is 3.28. The zero-order valence-corrected chi connectivity index (χ0v) is 10.6. The minimum atomic E-state index is 0.296. The van der Waals surface area contributed by atoms with E-state index in [1.54, 1.807) is 6.20 Å². The van der Waals surface area contributed by atoms with Gasteiger partial charge in [0, 0.05) is 6.54 Å². The summed E-state index contributed by atoms with van der Waals surface area (Å²) in [6.07, 6.45) is 1.65. The normalized spacial score (nSPS) is 12.5. The molecule has 2 aromatic rings. The van der Waals surface area contributed by atoms with Crippen LogP contribution >= 0.6 is 0 Å². The van der Waals surface area contributed by atoms with E-state index in [0.717, 1.165) is 28.4 Å². The first-order valence-corrected chi connectivity index (χ1v) is 6.07. The van der Waals surface area contributed by atoms with Gasteiger partial charge in [-0.3, -0.25) is 0 Å². The van der Waals surface area contributed by atoms with Gasteiger partial charge in [-0.05, 0) is 36.2 Å². The number of anilines is 2. The SMILES string of the molecule is Cc1cc(N)cnc1NCc1ccc2c(c1)OCO2. The molecule has 2 heterocycles. The average molecular weight is 257 g/mol. The molecule has 0 amide bonds. The number of rotatable bonds is 3. The Morgan fingerprint density at radius 3 is 2.95 bits per heavy atom. The third-order valence-electron chi connectivity index (χ3n) is 3.00. The van der Waals surface area contributed by atoms with Crippen LogP contribution in [0.2, 0.25) is 0 Å². The van der Waals surface area contributed by atoms with Gasteiger partial charge in [0.25, 0.3) is 0 Å². The van der Waals surface area contributed by atoms with E-state index in [0.29, 0.717) is 19.0 Å². The van der Waals surface area contributed by atoms with Crippen LogP contribution in [0.3, 0.4) is 0 Å². The zero-order chi connectivity index (χ0) is 13.2. The van der Waals surface area contributed by atoms with Crippen LogP contribution in [0.4, 0.5) is 11.5 Å². The maximum atomic E-state index is 5.68. The smallest absolute Gasteiger partial charge is 0.231 e. The van der Waals surface area contributed by atoms with Gasteiger partial charge in [-0.1, -0.05) is 6.07 Å². The molecule has 1 aromatic carbocycles. The topological polar surface area (TPSA) is 69.4 Å². The Hall–Kier alpha value is -2.43. The van der Waals surface area contributed by atoms with Crippen LogP contribution in [0.15, 0.2) is 30.5 Å². The molecule has 0 aliphatic carbocycles. The first kappa shape index (κ1) is 11.6. The summed E-state index contributed by atoms with van der Waals surface area (Å²) in [6, 6.07) is 7.80. The summed E-state index contributed by atoms with van der Waals surface area (Å²) in [4.78, 5) is 4.27. The summed E-state index contributed by atoms with van der Waals surface area (Å²) in [7, 11) is 0. The Kier molecular flexibility index (Phi) is 2.87. The van der Waals surface area contributed by atoms with E-state index in [1.165, 1.54) is 0 Å². The number of pyridine rings is 1. The second-order valence-electron chi connectivity index (χ2n) is 4.48. The minimum absolute atomic E-state index is 0.296. The number of nitrogens with two attached hydrogens (primary N) is 1. The highest BCUT2D eigenvalue weighted by molar-refractivity contribution is 5.51. The molecule has 98 valence electrons. The molecular weight excluding hydrogens is 242 g/mol.